The monoisotopic (exact) mass is 524 g/mol. The fourth-order valence-corrected chi connectivity index (χ4v) is 4.54. The number of nitrogens with zero attached hydrogens (tertiary/aromatic N) is 2. The fourth-order valence-electron chi connectivity index (χ4n) is 4.43. The molecule has 0 spiro atoms. The van der Waals surface area contributed by atoms with Gasteiger partial charge in [-0.25, -0.2) is 9.37 Å². The van der Waals surface area contributed by atoms with Crippen LogP contribution in [0.2, 0.25) is 5.02 Å². The van der Waals surface area contributed by atoms with E-state index in [2.05, 4.69) is 20.3 Å². The normalized spacial score (nSPS) is 13.5. The van der Waals surface area contributed by atoms with Gasteiger partial charge in [0.2, 0.25) is 5.95 Å². The number of fused-ring (bicyclic) bond motifs is 1. The highest BCUT2D eigenvalue weighted by molar-refractivity contribution is 6.30. The molecule has 2 aromatic heterocycles. The zero-order valence-corrected chi connectivity index (χ0v) is 20.3. The predicted octanol–water partition coefficient (Wildman–Crippen LogP) is 7.68. The van der Waals surface area contributed by atoms with E-state index in [0.717, 1.165) is 28.8 Å². The second-order valence-electron chi connectivity index (χ2n) is 8.89. The van der Waals surface area contributed by atoms with Crippen LogP contribution in [0.15, 0.2) is 85.1 Å². The molecule has 2 N–H and O–H groups in total. The Balaban J connectivity index is 1.77. The SMILES string of the molecule is Cc1ccc2[nH]c(N[C@](Cc3ccccc3)(c3cc(F)cc(C(F)(F)F)c3)c3ccc(Cl)cn3)nc2c1. The molecule has 4 nitrogen and oxygen atoms in total. The van der Waals surface area contributed by atoms with E-state index in [4.69, 9.17) is 11.6 Å². The van der Waals surface area contributed by atoms with Crippen LogP contribution in [0.5, 0.6) is 0 Å². The van der Waals surface area contributed by atoms with Gasteiger partial charge in [0.25, 0.3) is 0 Å². The van der Waals surface area contributed by atoms with Gasteiger partial charge in [-0.1, -0.05) is 48.0 Å². The summed E-state index contributed by atoms with van der Waals surface area (Å²) in [5.41, 5.74) is 1.03. The molecular formula is C28H21ClF4N4. The lowest BCUT2D eigenvalue weighted by atomic mass is 9.80. The van der Waals surface area contributed by atoms with E-state index in [1.165, 1.54) is 6.20 Å². The Hall–Kier alpha value is -3.91. The Labute approximate surface area is 215 Å². The van der Waals surface area contributed by atoms with Gasteiger partial charge in [0.05, 0.1) is 27.3 Å². The molecule has 0 amide bonds. The van der Waals surface area contributed by atoms with E-state index in [0.29, 0.717) is 28.2 Å². The molecule has 0 aliphatic carbocycles. The molecule has 0 aliphatic heterocycles. The molecular weight excluding hydrogens is 504 g/mol. The Morgan fingerprint density at radius 2 is 1.68 bits per heavy atom. The highest BCUT2D eigenvalue weighted by atomic mass is 35.5. The zero-order chi connectivity index (χ0) is 26.2. The fraction of sp³-hybridized carbons (Fsp3) is 0.143. The van der Waals surface area contributed by atoms with Gasteiger partial charge in [-0.2, -0.15) is 13.2 Å². The molecule has 188 valence electrons. The quantitative estimate of drug-likeness (QED) is 0.224. The van der Waals surface area contributed by atoms with Crippen molar-refractivity contribution in [1.29, 1.82) is 0 Å². The molecule has 0 saturated carbocycles. The first-order valence-corrected chi connectivity index (χ1v) is 11.8. The number of H-pyrrole nitrogens is 1. The summed E-state index contributed by atoms with van der Waals surface area (Å²) in [5, 5.41) is 3.66. The number of nitrogens with one attached hydrogen (secondary N) is 2. The summed E-state index contributed by atoms with van der Waals surface area (Å²) in [6.07, 6.45) is -3.21. The van der Waals surface area contributed by atoms with Crippen LogP contribution in [0.25, 0.3) is 11.0 Å². The summed E-state index contributed by atoms with van der Waals surface area (Å²) < 4.78 is 56.1. The molecule has 2 heterocycles. The Morgan fingerprint density at radius 1 is 0.919 bits per heavy atom. The molecule has 0 aliphatic rings. The van der Waals surface area contributed by atoms with E-state index < -0.39 is 23.1 Å². The number of anilines is 1. The van der Waals surface area contributed by atoms with E-state index in [-0.39, 0.29) is 12.0 Å². The van der Waals surface area contributed by atoms with Gasteiger partial charge in [0.1, 0.15) is 11.4 Å². The number of aryl methyl sites for hydroxylation is 1. The van der Waals surface area contributed by atoms with Crippen molar-refractivity contribution >= 4 is 28.6 Å². The molecule has 0 radical (unpaired) electrons. The van der Waals surface area contributed by atoms with Gasteiger partial charge in [-0.15, -0.1) is 0 Å². The van der Waals surface area contributed by atoms with Crippen molar-refractivity contribution in [3.8, 4) is 0 Å². The van der Waals surface area contributed by atoms with E-state index in [9.17, 15) is 17.6 Å². The summed E-state index contributed by atoms with van der Waals surface area (Å²) in [7, 11) is 0. The maximum Gasteiger partial charge on any atom is 0.416 e. The minimum atomic E-state index is -4.75. The van der Waals surface area contributed by atoms with Crippen LogP contribution in [0.4, 0.5) is 23.5 Å². The third kappa shape index (κ3) is 5.15. The summed E-state index contributed by atoms with van der Waals surface area (Å²) >= 11 is 6.10. The first-order chi connectivity index (χ1) is 17.6. The standard InChI is InChI=1S/C28H21ClF4N4/c1-17-7-9-23-24(11-17)36-26(35-23)37-27(15-18-5-3-2-4-6-18,25-10-8-21(29)16-34-25)19-12-20(28(31,32)33)14-22(30)13-19/h2-14,16H,15H2,1H3,(H2,35,36,37)/t27-/m1/s1. The van der Waals surface area contributed by atoms with Crippen molar-refractivity contribution in [2.75, 3.05) is 5.32 Å². The Bertz CT molecular complexity index is 1550. The topological polar surface area (TPSA) is 53.6 Å². The van der Waals surface area contributed by atoms with Gasteiger partial charge in [0.15, 0.2) is 0 Å². The van der Waals surface area contributed by atoms with Crippen molar-refractivity contribution in [2.24, 2.45) is 0 Å². The number of benzene rings is 3. The van der Waals surface area contributed by atoms with Gasteiger partial charge in [-0.3, -0.25) is 4.98 Å². The largest absolute Gasteiger partial charge is 0.416 e. The first-order valence-electron chi connectivity index (χ1n) is 11.4. The van der Waals surface area contributed by atoms with Crippen LogP contribution in [0.1, 0.15) is 27.9 Å². The molecule has 3 aromatic carbocycles. The van der Waals surface area contributed by atoms with Crippen LogP contribution in [-0.2, 0) is 18.1 Å². The highest BCUT2D eigenvalue weighted by Crippen LogP contribution is 2.40. The van der Waals surface area contributed by atoms with Gasteiger partial charge >= 0.3 is 6.18 Å². The number of alkyl halides is 3. The minimum Gasteiger partial charge on any atom is -0.340 e. The molecule has 5 rings (SSSR count). The number of aromatic amines is 1. The highest BCUT2D eigenvalue weighted by Gasteiger charge is 2.40. The summed E-state index contributed by atoms with van der Waals surface area (Å²) in [5.74, 6) is -0.718. The van der Waals surface area contributed by atoms with Crippen LogP contribution in [0.3, 0.4) is 0 Å². The maximum atomic E-state index is 14.8. The molecule has 9 heteroatoms. The summed E-state index contributed by atoms with van der Waals surface area (Å²) in [6, 6.07) is 20.6. The maximum absolute atomic E-state index is 14.8. The molecule has 37 heavy (non-hydrogen) atoms. The first kappa shape index (κ1) is 24.8. The second-order valence-corrected chi connectivity index (χ2v) is 9.32. The summed E-state index contributed by atoms with van der Waals surface area (Å²) in [6.45, 7) is 1.93. The van der Waals surface area contributed by atoms with Crippen molar-refractivity contribution in [2.45, 2.75) is 25.1 Å². The lowest BCUT2D eigenvalue weighted by Crippen LogP contribution is -2.40. The van der Waals surface area contributed by atoms with Crippen LogP contribution in [-0.4, -0.2) is 15.0 Å². The molecule has 0 saturated heterocycles. The van der Waals surface area contributed by atoms with Crippen LogP contribution < -0.4 is 5.32 Å². The molecule has 0 fully saturated rings. The lowest BCUT2D eigenvalue weighted by Gasteiger charge is -2.35. The molecule has 5 aromatic rings. The van der Waals surface area contributed by atoms with Crippen molar-refractivity contribution < 1.29 is 17.6 Å². The van der Waals surface area contributed by atoms with E-state index in [1.807, 2.05) is 55.5 Å². The number of imidazole rings is 1. The van der Waals surface area contributed by atoms with Gasteiger partial charge < -0.3 is 10.3 Å². The molecule has 1 atom stereocenters. The number of hydrogen-bond donors (Lipinski definition) is 2. The predicted molar refractivity (Wildman–Crippen MR) is 136 cm³/mol. The van der Waals surface area contributed by atoms with E-state index >= 15 is 0 Å². The van der Waals surface area contributed by atoms with Crippen molar-refractivity contribution in [3.05, 3.63) is 124 Å². The summed E-state index contributed by atoms with van der Waals surface area (Å²) in [4.78, 5) is 12.3. The van der Waals surface area contributed by atoms with Crippen LogP contribution >= 0.6 is 11.6 Å². The minimum absolute atomic E-state index is 0.0372. The lowest BCUT2D eigenvalue weighted by molar-refractivity contribution is -0.137. The van der Waals surface area contributed by atoms with Crippen molar-refractivity contribution in [3.63, 3.8) is 0 Å². The average Bonchev–Trinajstić information content (AvgIpc) is 3.25. The smallest absolute Gasteiger partial charge is 0.340 e. The second kappa shape index (κ2) is 9.52. The number of aromatic nitrogens is 3. The number of hydrogen-bond acceptors (Lipinski definition) is 3. The van der Waals surface area contributed by atoms with Crippen LogP contribution in [0, 0.1) is 12.7 Å². The Kier molecular flexibility index (Phi) is 6.37. The van der Waals surface area contributed by atoms with Crippen molar-refractivity contribution in [1.82, 2.24) is 15.0 Å². The molecule has 0 unspecified atom stereocenters. The third-order valence-electron chi connectivity index (χ3n) is 6.17. The van der Waals surface area contributed by atoms with E-state index in [1.54, 1.807) is 12.1 Å². The number of pyridine rings is 1. The van der Waals surface area contributed by atoms with Gasteiger partial charge in [-0.05, 0) is 66.1 Å². The third-order valence-corrected chi connectivity index (χ3v) is 6.39. The number of halogens is 5. The van der Waals surface area contributed by atoms with Gasteiger partial charge in [0, 0.05) is 12.6 Å². The average molecular weight is 525 g/mol. The number of rotatable bonds is 6. The zero-order valence-electron chi connectivity index (χ0n) is 19.6. The Morgan fingerprint density at radius 3 is 2.38 bits per heavy atom. The molecule has 0 bridgehead atoms.